The summed E-state index contributed by atoms with van der Waals surface area (Å²) in [5.74, 6) is -0.159. The highest BCUT2D eigenvalue weighted by molar-refractivity contribution is 5.90. The number of nitrogens with zero attached hydrogens (tertiary/aromatic N) is 2. The predicted molar refractivity (Wildman–Crippen MR) is 52.1 cm³/mol. The lowest BCUT2D eigenvalue weighted by Gasteiger charge is -1.93. The van der Waals surface area contributed by atoms with Crippen molar-refractivity contribution in [3.8, 4) is 0 Å². The average molecular weight is 203 g/mol. The number of amides is 1. The first-order chi connectivity index (χ1) is 7.25. The van der Waals surface area contributed by atoms with Gasteiger partial charge in [-0.2, -0.15) is 0 Å². The summed E-state index contributed by atoms with van der Waals surface area (Å²) in [7, 11) is 0. The van der Waals surface area contributed by atoms with E-state index >= 15 is 0 Å². The standard InChI is InChI=1S/C10H9N3O2/c11-10(14)8-6-15-9(13-8)5-7-3-1-2-4-12-7/h1-4,6H,5H2,(H2,11,14). The lowest BCUT2D eigenvalue weighted by molar-refractivity contribution is 0.0995. The Kier molecular flexibility index (Phi) is 2.45. The number of pyridine rings is 1. The number of aromatic nitrogens is 2. The van der Waals surface area contributed by atoms with Crippen LogP contribution in [0.3, 0.4) is 0 Å². The number of nitrogens with two attached hydrogens (primary N) is 1. The van der Waals surface area contributed by atoms with E-state index < -0.39 is 5.91 Å². The molecule has 15 heavy (non-hydrogen) atoms. The maximum Gasteiger partial charge on any atom is 0.270 e. The van der Waals surface area contributed by atoms with E-state index in [1.165, 1.54) is 6.26 Å². The third kappa shape index (κ3) is 2.19. The van der Waals surface area contributed by atoms with Gasteiger partial charge in [0.25, 0.3) is 5.91 Å². The number of hydrogen-bond donors (Lipinski definition) is 1. The van der Waals surface area contributed by atoms with Crippen molar-refractivity contribution in [3.05, 3.63) is 47.9 Å². The van der Waals surface area contributed by atoms with Crippen LogP contribution in [0, 0.1) is 0 Å². The van der Waals surface area contributed by atoms with Crippen LogP contribution in [0.4, 0.5) is 0 Å². The predicted octanol–water partition coefficient (Wildman–Crippen LogP) is 0.759. The van der Waals surface area contributed by atoms with Gasteiger partial charge in [-0.3, -0.25) is 9.78 Å². The molecule has 0 saturated heterocycles. The summed E-state index contributed by atoms with van der Waals surface area (Å²) in [5.41, 5.74) is 6.01. The van der Waals surface area contributed by atoms with Crippen molar-refractivity contribution in [1.29, 1.82) is 0 Å². The summed E-state index contributed by atoms with van der Waals surface area (Å²) in [6.45, 7) is 0. The molecule has 0 aliphatic rings. The summed E-state index contributed by atoms with van der Waals surface area (Å²) in [6.07, 6.45) is 3.39. The summed E-state index contributed by atoms with van der Waals surface area (Å²) in [6, 6.07) is 5.56. The molecule has 0 saturated carbocycles. The minimum Gasteiger partial charge on any atom is -0.448 e. The van der Waals surface area contributed by atoms with Gasteiger partial charge in [0, 0.05) is 11.9 Å². The fraction of sp³-hybridized carbons (Fsp3) is 0.100. The Morgan fingerprint density at radius 3 is 2.93 bits per heavy atom. The normalized spacial score (nSPS) is 10.1. The first-order valence-electron chi connectivity index (χ1n) is 4.40. The van der Waals surface area contributed by atoms with Crippen LogP contribution in [0.5, 0.6) is 0 Å². The molecule has 5 heteroatoms. The van der Waals surface area contributed by atoms with Gasteiger partial charge in [0.05, 0.1) is 6.42 Å². The van der Waals surface area contributed by atoms with Gasteiger partial charge < -0.3 is 10.2 Å². The van der Waals surface area contributed by atoms with E-state index in [0.29, 0.717) is 12.3 Å². The molecule has 1 amide bonds. The molecule has 0 aliphatic carbocycles. The Balaban J connectivity index is 2.15. The van der Waals surface area contributed by atoms with E-state index in [2.05, 4.69) is 9.97 Å². The molecule has 76 valence electrons. The number of hydrogen-bond acceptors (Lipinski definition) is 4. The number of primary amides is 1. The molecule has 2 N–H and O–H groups in total. The van der Waals surface area contributed by atoms with Crippen molar-refractivity contribution >= 4 is 5.91 Å². The largest absolute Gasteiger partial charge is 0.448 e. The van der Waals surface area contributed by atoms with Crippen LogP contribution >= 0.6 is 0 Å². The Morgan fingerprint density at radius 2 is 2.33 bits per heavy atom. The number of oxazole rings is 1. The van der Waals surface area contributed by atoms with Crippen LogP contribution in [-0.4, -0.2) is 15.9 Å². The Bertz CT molecular complexity index is 465. The molecule has 2 aromatic heterocycles. The molecule has 0 bridgehead atoms. The van der Waals surface area contributed by atoms with E-state index in [1.54, 1.807) is 6.20 Å². The molecule has 0 radical (unpaired) electrons. The van der Waals surface area contributed by atoms with Gasteiger partial charge in [-0.25, -0.2) is 4.98 Å². The van der Waals surface area contributed by atoms with Gasteiger partial charge in [-0.05, 0) is 12.1 Å². The van der Waals surface area contributed by atoms with Gasteiger partial charge in [-0.15, -0.1) is 0 Å². The molecule has 0 aliphatic heterocycles. The van der Waals surface area contributed by atoms with Gasteiger partial charge >= 0.3 is 0 Å². The van der Waals surface area contributed by atoms with E-state index in [4.69, 9.17) is 10.2 Å². The maximum absolute atomic E-state index is 10.8. The zero-order valence-corrected chi connectivity index (χ0v) is 7.88. The smallest absolute Gasteiger partial charge is 0.270 e. The molecule has 2 heterocycles. The second-order valence-electron chi connectivity index (χ2n) is 2.99. The second kappa shape index (κ2) is 3.91. The van der Waals surface area contributed by atoms with Crippen molar-refractivity contribution in [2.24, 2.45) is 5.73 Å². The van der Waals surface area contributed by atoms with Crippen LogP contribution in [0.2, 0.25) is 0 Å². The lowest BCUT2D eigenvalue weighted by atomic mass is 10.3. The monoisotopic (exact) mass is 203 g/mol. The summed E-state index contributed by atoms with van der Waals surface area (Å²) < 4.78 is 5.08. The number of rotatable bonds is 3. The Labute approximate surface area is 86.0 Å². The molecule has 5 nitrogen and oxygen atoms in total. The molecular formula is C10H9N3O2. The van der Waals surface area contributed by atoms with E-state index in [9.17, 15) is 4.79 Å². The van der Waals surface area contributed by atoms with Crippen molar-refractivity contribution < 1.29 is 9.21 Å². The van der Waals surface area contributed by atoms with Crippen molar-refractivity contribution in [2.75, 3.05) is 0 Å². The highest BCUT2D eigenvalue weighted by atomic mass is 16.3. The van der Waals surface area contributed by atoms with E-state index in [-0.39, 0.29) is 5.69 Å². The van der Waals surface area contributed by atoms with Crippen molar-refractivity contribution in [2.45, 2.75) is 6.42 Å². The Hall–Kier alpha value is -2.17. The van der Waals surface area contributed by atoms with Gasteiger partial charge in [-0.1, -0.05) is 6.07 Å². The summed E-state index contributed by atoms with van der Waals surface area (Å²) in [4.78, 5) is 18.8. The van der Waals surface area contributed by atoms with Crippen LogP contribution in [0.25, 0.3) is 0 Å². The van der Waals surface area contributed by atoms with Crippen molar-refractivity contribution in [3.63, 3.8) is 0 Å². The molecule has 0 fully saturated rings. The SMILES string of the molecule is NC(=O)c1coc(Cc2ccccn2)n1. The van der Waals surface area contributed by atoms with E-state index in [0.717, 1.165) is 5.69 Å². The zero-order chi connectivity index (χ0) is 10.7. The highest BCUT2D eigenvalue weighted by Gasteiger charge is 2.09. The molecule has 0 aromatic carbocycles. The molecule has 0 atom stereocenters. The molecule has 2 rings (SSSR count). The highest BCUT2D eigenvalue weighted by Crippen LogP contribution is 2.06. The lowest BCUT2D eigenvalue weighted by Crippen LogP contribution is -2.11. The van der Waals surface area contributed by atoms with Crippen LogP contribution in [0.1, 0.15) is 22.1 Å². The number of carbonyl (C=O) groups is 1. The maximum atomic E-state index is 10.8. The number of carbonyl (C=O) groups excluding carboxylic acids is 1. The Morgan fingerprint density at radius 1 is 1.47 bits per heavy atom. The molecular weight excluding hydrogens is 194 g/mol. The van der Waals surface area contributed by atoms with Gasteiger partial charge in [0.2, 0.25) is 5.89 Å². The third-order valence-corrected chi connectivity index (χ3v) is 1.86. The second-order valence-corrected chi connectivity index (χ2v) is 2.99. The van der Waals surface area contributed by atoms with Gasteiger partial charge in [0.15, 0.2) is 5.69 Å². The van der Waals surface area contributed by atoms with Crippen LogP contribution in [0.15, 0.2) is 35.1 Å². The average Bonchev–Trinajstić information content (AvgIpc) is 2.68. The molecule has 2 aromatic rings. The first-order valence-corrected chi connectivity index (χ1v) is 4.40. The molecule has 0 unspecified atom stereocenters. The molecule has 0 spiro atoms. The quantitative estimate of drug-likeness (QED) is 0.798. The van der Waals surface area contributed by atoms with Gasteiger partial charge in [0.1, 0.15) is 6.26 Å². The van der Waals surface area contributed by atoms with Crippen LogP contribution < -0.4 is 5.73 Å². The van der Waals surface area contributed by atoms with E-state index in [1.807, 2.05) is 18.2 Å². The summed E-state index contributed by atoms with van der Waals surface area (Å²) >= 11 is 0. The zero-order valence-electron chi connectivity index (χ0n) is 7.88. The topological polar surface area (TPSA) is 82.0 Å². The van der Waals surface area contributed by atoms with Crippen molar-refractivity contribution in [1.82, 2.24) is 9.97 Å². The first kappa shape index (κ1) is 9.39. The minimum atomic E-state index is -0.592. The third-order valence-electron chi connectivity index (χ3n) is 1.86. The minimum absolute atomic E-state index is 0.140. The van der Waals surface area contributed by atoms with Crippen LogP contribution in [-0.2, 0) is 6.42 Å². The summed E-state index contributed by atoms with van der Waals surface area (Å²) in [5, 5.41) is 0. The fourth-order valence-corrected chi connectivity index (χ4v) is 1.16. The fourth-order valence-electron chi connectivity index (χ4n) is 1.16.